The van der Waals surface area contributed by atoms with Gasteiger partial charge in [-0.15, -0.1) is 10.2 Å². The molecule has 128 valence electrons. The van der Waals surface area contributed by atoms with Gasteiger partial charge >= 0.3 is 5.69 Å². The summed E-state index contributed by atoms with van der Waals surface area (Å²) in [6, 6.07) is 7.64. The van der Waals surface area contributed by atoms with Gasteiger partial charge in [-0.05, 0) is 51.6 Å². The van der Waals surface area contributed by atoms with Crippen molar-refractivity contribution in [3.63, 3.8) is 0 Å². The van der Waals surface area contributed by atoms with E-state index in [1.165, 1.54) is 0 Å². The van der Waals surface area contributed by atoms with Crippen molar-refractivity contribution in [3.8, 4) is 11.4 Å². The highest BCUT2D eigenvalue weighted by Crippen LogP contribution is 2.34. The zero-order chi connectivity index (χ0) is 18.0. The van der Waals surface area contributed by atoms with E-state index in [9.17, 15) is 14.5 Å². The molecule has 0 aliphatic heterocycles. The summed E-state index contributed by atoms with van der Waals surface area (Å²) in [7, 11) is 0. The van der Waals surface area contributed by atoms with E-state index in [4.69, 9.17) is 5.73 Å². The van der Waals surface area contributed by atoms with Crippen molar-refractivity contribution in [2.24, 2.45) is 5.73 Å². The first kappa shape index (κ1) is 17.2. The van der Waals surface area contributed by atoms with E-state index in [-0.39, 0.29) is 23.6 Å². The molecule has 0 fully saturated rings. The van der Waals surface area contributed by atoms with Crippen molar-refractivity contribution < 1.29 is 9.31 Å². The highest BCUT2D eigenvalue weighted by molar-refractivity contribution is 14.1. The number of nitrogens with zero attached hydrogens (tertiary/aromatic N) is 4. The molecule has 2 aromatic carbocycles. The number of hydrogen-bond acceptors (Lipinski definition) is 7. The first-order valence-corrected chi connectivity index (χ1v) is 8.04. The summed E-state index contributed by atoms with van der Waals surface area (Å²) in [4.78, 5) is 10.2. The fourth-order valence-electron chi connectivity index (χ4n) is 2.26. The predicted octanol–water partition coefficient (Wildman–Crippen LogP) is 2.72. The van der Waals surface area contributed by atoms with E-state index in [0.29, 0.717) is 5.69 Å². The van der Waals surface area contributed by atoms with Crippen LogP contribution in [0.25, 0.3) is 11.4 Å². The van der Waals surface area contributed by atoms with E-state index in [1.807, 2.05) is 12.1 Å². The quantitative estimate of drug-likeness (QED) is 0.306. The number of aromatic amines is 1. The summed E-state index contributed by atoms with van der Waals surface area (Å²) < 4.78 is 15.1. The van der Waals surface area contributed by atoms with Crippen molar-refractivity contribution in [3.05, 3.63) is 55.4 Å². The van der Waals surface area contributed by atoms with Crippen LogP contribution in [0.5, 0.6) is 0 Å². The van der Waals surface area contributed by atoms with Crippen LogP contribution in [0.2, 0.25) is 0 Å². The molecule has 0 unspecified atom stereocenters. The van der Waals surface area contributed by atoms with Gasteiger partial charge in [0.15, 0.2) is 0 Å². The molecule has 1 aromatic heterocycles. The zero-order valence-electron chi connectivity index (χ0n) is 12.5. The van der Waals surface area contributed by atoms with Crippen molar-refractivity contribution in [1.82, 2.24) is 20.6 Å². The number of nitrogens with one attached hydrogen (secondary N) is 2. The number of halogens is 2. The average Bonchev–Trinajstić information content (AvgIpc) is 3.10. The van der Waals surface area contributed by atoms with Crippen molar-refractivity contribution >= 4 is 39.7 Å². The van der Waals surface area contributed by atoms with E-state index < -0.39 is 16.4 Å². The van der Waals surface area contributed by atoms with Crippen LogP contribution in [0, 0.1) is 19.5 Å². The number of nitro groups is 1. The molecule has 0 amide bonds. The molecule has 0 atom stereocenters. The second-order valence-corrected chi connectivity index (χ2v) is 6.22. The smallest absolute Gasteiger partial charge is 0.305 e. The molecule has 4 N–H and O–H groups in total. The predicted molar refractivity (Wildman–Crippen MR) is 96.6 cm³/mol. The van der Waals surface area contributed by atoms with Crippen molar-refractivity contribution in [2.45, 2.75) is 6.54 Å². The molecule has 0 aliphatic carbocycles. The normalized spacial score (nSPS) is 10.7. The molecule has 0 bridgehead atoms. The second-order valence-electron chi connectivity index (χ2n) is 4.97. The van der Waals surface area contributed by atoms with Crippen molar-refractivity contribution in [1.29, 1.82) is 0 Å². The molecule has 11 heteroatoms. The molecule has 1 heterocycles. The highest BCUT2D eigenvalue weighted by Gasteiger charge is 2.21. The van der Waals surface area contributed by atoms with E-state index in [0.717, 1.165) is 21.3 Å². The Hall–Kier alpha value is -2.67. The number of nitro benzene ring substituents is 1. The third-order valence-corrected chi connectivity index (χ3v) is 4.10. The molecule has 0 saturated heterocycles. The minimum atomic E-state index is -0.973. The molecule has 0 aliphatic rings. The third-order valence-electron chi connectivity index (χ3n) is 3.43. The fourth-order valence-corrected chi connectivity index (χ4v) is 2.82. The Bertz CT molecular complexity index is 933. The minimum absolute atomic E-state index is 0.102. The number of aromatic nitrogens is 4. The number of H-pyrrole nitrogens is 1. The van der Waals surface area contributed by atoms with Crippen LogP contribution in [-0.2, 0) is 6.54 Å². The SMILES string of the molecule is NCc1cc(I)ccc1Nc1cc(F)c([N+](=O)[O-])cc1-c1nn[nH]n1. The lowest BCUT2D eigenvalue weighted by Gasteiger charge is -2.14. The van der Waals surface area contributed by atoms with E-state index in [1.54, 1.807) is 6.07 Å². The molecule has 0 spiro atoms. The maximum atomic E-state index is 14.1. The standard InChI is InChI=1S/C14H11FIN7O2/c15-10-5-12(18-11-2-1-8(16)3-7(11)6-17)9(4-13(10)23(24)25)14-19-21-22-20-14/h1-5,18H,6,17H2,(H,19,20,21,22). The van der Waals surface area contributed by atoms with Gasteiger partial charge in [0.2, 0.25) is 11.6 Å². The lowest BCUT2D eigenvalue weighted by atomic mass is 10.1. The maximum Gasteiger partial charge on any atom is 0.305 e. The van der Waals surface area contributed by atoms with Gasteiger partial charge in [-0.3, -0.25) is 10.1 Å². The summed E-state index contributed by atoms with van der Waals surface area (Å²) in [5, 5.41) is 27.4. The number of tetrazole rings is 1. The largest absolute Gasteiger partial charge is 0.355 e. The monoisotopic (exact) mass is 455 g/mol. The molecule has 3 aromatic rings. The van der Waals surface area contributed by atoms with Gasteiger partial charge in [0, 0.05) is 27.9 Å². The topological polar surface area (TPSA) is 136 Å². The van der Waals surface area contributed by atoms with Crippen LogP contribution in [0.15, 0.2) is 30.3 Å². The Labute approximate surface area is 154 Å². The lowest BCUT2D eigenvalue weighted by Crippen LogP contribution is -2.04. The number of rotatable bonds is 5. The van der Waals surface area contributed by atoms with Gasteiger partial charge in [-0.2, -0.15) is 9.60 Å². The van der Waals surface area contributed by atoms with Gasteiger partial charge in [-0.1, -0.05) is 0 Å². The molecular weight excluding hydrogens is 444 g/mol. The number of hydrogen-bond donors (Lipinski definition) is 3. The van der Waals surface area contributed by atoms with Crippen LogP contribution in [0.1, 0.15) is 5.56 Å². The molecule has 3 rings (SSSR count). The summed E-state index contributed by atoms with van der Waals surface area (Å²) in [6.07, 6.45) is 0. The van der Waals surface area contributed by atoms with E-state index >= 15 is 0 Å². The average molecular weight is 455 g/mol. The Kier molecular flexibility index (Phi) is 4.85. The number of benzene rings is 2. The zero-order valence-corrected chi connectivity index (χ0v) is 14.7. The molecule has 0 saturated carbocycles. The Morgan fingerprint density at radius 2 is 2.12 bits per heavy atom. The van der Waals surface area contributed by atoms with Crippen LogP contribution in [-0.4, -0.2) is 25.5 Å². The summed E-state index contributed by atoms with van der Waals surface area (Å²) in [5.41, 5.74) is 7.05. The summed E-state index contributed by atoms with van der Waals surface area (Å²) in [6.45, 7) is 0.270. The van der Waals surface area contributed by atoms with Gasteiger partial charge in [0.1, 0.15) is 0 Å². The molecule has 25 heavy (non-hydrogen) atoms. The Balaban J connectivity index is 2.12. The fraction of sp³-hybridized carbons (Fsp3) is 0.0714. The minimum Gasteiger partial charge on any atom is -0.355 e. The summed E-state index contributed by atoms with van der Waals surface area (Å²) >= 11 is 2.16. The summed E-state index contributed by atoms with van der Waals surface area (Å²) in [5.74, 6) is -0.870. The molecular formula is C14H11FIN7O2. The first-order valence-electron chi connectivity index (χ1n) is 6.97. The Morgan fingerprint density at radius 1 is 1.32 bits per heavy atom. The molecule has 0 radical (unpaired) electrons. The van der Waals surface area contributed by atoms with E-state index in [2.05, 4.69) is 48.5 Å². The third kappa shape index (κ3) is 3.56. The number of anilines is 2. The number of nitrogens with two attached hydrogens (primary N) is 1. The highest BCUT2D eigenvalue weighted by atomic mass is 127. The van der Waals surface area contributed by atoms with Crippen LogP contribution < -0.4 is 11.1 Å². The first-order chi connectivity index (χ1) is 12.0. The maximum absolute atomic E-state index is 14.1. The molecule has 9 nitrogen and oxygen atoms in total. The van der Waals surface area contributed by atoms with Crippen LogP contribution in [0.3, 0.4) is 0 Å². The Morgan fingerprint density at radius 3 is 2.76 bits per heavy atom. The lowest BCUT2D eigenvalue weighted by molar-refractivity contribution is -0.387. The van der Waals surface area contributed by atoms with Crippen LogP contribution in [0.4, 0.5) is 21.5 Å². The van der Waals surface area contributed by atoms with Gasteiger partial charge in [0.05, 0.1) is 16.2 Å². The van der Waals surface area contributed by atoms with Gasteiger partial charge < -0.3 is 11.1 Å². The van der Waals surface area contributed by atoms with Gasteiger partial charge in [0.25, 0.3) is 0 Å². The van der Waals surface area contributed by atoms with Crippen LogP contribution >= 0.6 is 22.6 Å². The second kappa shape index (κ2) is 7.06. The van der Waals surface area contributed by atoms with Crippen molar-refractivity contribution in [2.75, 3.05) is 5.32 Å². The van der Waals surface area contributed by atoms with Gasteiger partial charge in [-0.25, -0.2) is 0 Å².